The van der Waals surface area contributed by atoms with Crippen LogP contribution in [0.25, 0.3) is 0 Å². The number of likely N-dealkylation sites (N-methyl/N-ethyl adjacent to an activating group) is 1. The average Bonchev–Trinajstić information content (AvgIpc) is 2.20. The van der Waals surface area contributed by atoms with Crippen LogP contribution >= 0.6 is 0 Å². The van der Waals surface area contributed by atoms with Crippen molar-refractivity contribution in [2.75, 3.05) is 27.2 Å². The van der Waals surface area contributed by atoms with E-state index in [1.807, 2.05) is 34.9 Å². The minimum atomic E-state index is 0.792. The van der Waals surface area contributed by atoms with Gasteiger partial charge in [0, 0.05) is 25.5 Å². The highest BCUT2D eigenvalue weighted by molar-refractivity contribution is 4.73. The second-order valence-electron chi connectivity index (χ2n) is 2.79. The topological polar surface area (TPSA) is 58.5 Å². The predicted octanol–water partition coefficient (Wildman–Crippen LogP) is 1.37. The summed E-state index contributed by atoms with van der Waals surface area (Å²) < 4.78 is 0. The van der Waals surface area contributed by atoms with Gasteiger partial charge in [-0.1, -0.05) is 19.9 Å². The molecule has 0 unspecified atom stereocenters. The molecule has 0 atom stereocenters. The van der Waals surface area contributed by atoms with E-state index in [9.17, 15) is 0 Å². The highest BCUT2D eigenvalue weighted by atomic mass is 15.4. The van der Waals surface area contributed by atoms with Gasteiger partial charge in [-0.3, -0.25) is 0 Å². The Morgan fingerprint density at radius 1 is 1.20 bits per heavy atom. The van der Waals surface area contributed by atoms with E-state index in [2.05, 4.69) is 11.5 Å². The van der Waals surface area contributed by atoms with Gasteiger partial charge in [0.05, 0.1) is 0 Å². The molecule has 0 bridgehead atoms. The molecule has 0 saturated heterocycles. The van der Waals surface area contributed by atoms with Crippen LogP contribution in [0.3, 0.4) is 0 Å². The Hall–Kier alpha value is -1.00. The molecular weight excluding hydrogens is 188 g/mol. The van der Waals surface area contributed by atoms with Crippen LogP contribution in [0.5, 0.6) is 0 Å². The van der Waals surface area contributed by atoms with Crippen molar-refractivity contribution in [2.45, 2.75) is 20.8 Å². The zero-order valence-corrected chi connectivity index (χ0v) is 10.9. The Balaban J connectivity index is -0.000000245. The number of hydrazine groups is 1. The maximum absolute atomic E-state index is 5.47. The molecule has 92 valence electrons. The Kier molecular flexibility index (Phi) is 24.4. The lowest BCUT2D eigenvalue weighted by Gasteiger charge is -2.16. The van der Waals surface area contributed by atoms with E-state index < -0.39 is 0 Å². The summed E-state index contributed by atoms with van der Waals surface area (Å²) >= 11 is 0. The summed E-state index contributed by atoms with van der Waals surface area (Å²) in [6.45, 7) is 11.0. The summed E-state index contributed by atoms with van der Waals surface area (Å²) in [6, 6.07) is 0. The van der Waals surface area contributed by atoms with Crippen molar-refractivity contribution in [3.05, 3.63) is 25.1 Å². The fourth-order valence-electron chi connectivity index (χ4n) is 0.501. The Labute approximate surface area is 95.2 Å². The van der Waals surface area contributed by atoms with Crippen LogP contribution in [0.15, 0.2) is 25.1 Å². The van der Waals surface area contributed by atoms with Gasteiger partial charge in [-0.2, -0.15) is 0 Å². The van der Waals surface area contributed by atoms with Crippen molar-refractivity contribution in [1.29, 1.82) is 0 Å². The molecule has 0 aromatic rings. The van der Waals surface area contributed by atoms with Gasteiger partial charge in [0.15, 0.2) is 0 Å². The van der Waals surface area contributed by atoms with Crippen LogP contribution in [0.4, 0.5) is 0 Å². The highest BCUT2D eigenvalue weighted by Crippen LogP contribution is 1.79. The second kappa shape index (κ2) is 18.7. The molecule has 0 heterocycles. The van der Waals surface area contributed by atoms with Gasteiger partial charge in [-0.05, 0) is 21.0 Å². The molecule has 0 fully saturated rings. The third-order valence-corrected chi connectivity index (χ3v) is 1.08. The molecule has 4 heteroatoms. The first-order chi connectivity index (χ1) is 7.08. The first-order valence-electron chi connectivity index (χ1n) is 5.20. The van der Waals surface area contributed by atoms with Gasteiger partial charge in [0.1, 0.15) is 0 Å². The Morgan fingerprint density at radius 2 is 1.60 bits per heavy atom. The molecule has 0 saturated carbocycles. The average molecular weight is 216 g/mol. The molecule has 4 N–H and O–H groups in total. The molecule has 15 heavy (non-hydrogen) atoms. The van der Waals surface area contributed by atoms with Crippen molar-refractivity contribution in [3.8, 4) is 0 Å². The molecule has 0 aliphatic heterocycles. The standard InChI is InChI=1S/C6H16N4.C3H6.C2H6/c1-9(2)5-6-10(8)4-3-7;1-3-2;1-2/h3-4H,5-8H2,1-2H3;3H,1H2,2H3;1-2H3/b4-3-;;. The number of hydrogen-bond donors (Lipinski definition) is 2. The largest absolute Gasteiger partial charge is 0.403 e. The molecule has 0 aliphatic carbocycles. The molecule has 0 radical (unpaired) electrons. The van der Waals surface area contributed by atoms with Crippen molar-refractivity contribution in [1.82, 2.24) is 9.91 Å². The smallest absolute Gasteiger partial charge is 0.0463 e. The zero-order valence-electron chi connectivity index (χ0n) is 10.9. The van der Waals surface area contributed by atoms with Crippen LogP contribution in [0.1, 0.15) is 20.8 Å². The molecule has 4 nitrogen and oxygen atoms in total. The summed E-state index contributed by atoms with van der Waals surface area (Å²) in [5, 5.41) is 1.56. The van der Waals surface area contributed by atoms with Gasteiger partial charge in [0.25, 0.3) is 0 Å². The van der Waals surface area contributed by atoms with Crippen molar-refractivity contribution in [2.24, 2.45) is 11.6 Å². The highest BCUT2D eigenvalue weighted by Gasteiger charge is 1.91. The summed E-state index contributed by atoms with van der Waals surface area (Å²) in [5.74, 6) is 5.47. The lowest BCUT2D eigenvalue weighted by Crippen LogP contribution is -2.32. The Bertz CT molecular complexity index is 133. The van der Waals surface area contributed by atoms with E-state index in [1.165, 1.54) is 6.20 Å². The van der Waals surface area contributed by atoms with Gasteiger partial charge in [-0.15, -0.1) is 6.58 Å². The molecular formula is C11H28N4. The predicted molar refractivity (Wildman–Crippen MR) is 70.0 cm³/mol. The van der Waals surface area contributed by atoms with Crippen molar-refractivity contribution in [3.63, 3.8) is 0 Å². The third-order valence-electron chi connectivity index (χ3n) is 1.08. The van der Waals surface area contributed by atoms with Crippen LogP contribution < -0.4 is 11.6 Å². The Morgan fingerprint density at radius 3 is 1.87 bits per heavy atom. The minimum Gasteiger partial charge on any atom is -0.403 e. The quantitative estimate of drug-likeness (QED) is 0.423. The maximum Gasteiger partial charge on any atom is 0.0463 e. The monoisotopic (exact) mass is 216 g/mol. The fraction of sp³-hybridized carbons (Fsp3) is 0.636. The molecule has 0 aromatic carbocycles. The normalized spacial score (nSPS) is 8.73. The third kappa shape index (κ3) is 32.1. The first kappa shape index (κ1) is 19.6. The SMILES string of the molecule is C=CC.CC.CN(C)CCN(N)/C=C\N. The minimum absolute atomic E-state index is 0.792. The van der Waals surface area contributed by atoms with Crippen molar-refractivity contribution >= 4 is 0 Å². The van der Waals surface area contributed by atoms with Crippen molar-refractivity contribution < 1.29 is 0 Å². The molecule has 0 aliphatic rings. The van der Waals surface area contributed by atoms with E-state index in [-0.39, 0.29) is 0 Å². The number of nitrogens with two attached hydrogens (primary N) is 2. The molecule has 0 spiro atoms. The fourth-order valence-corrected chi connectivity index (χ4v) is 0.501. The lowest BCUT2D eigenvalue weighted by atomic mass is 10.5. The first-order valence-corrected chi connectivity index (χ1v) is 5.20. The van der Waals surface area contributed by atoms with E-state index >= 15 is 0 Å². The van der Waals surface area contributed by atoms with E-state index in [4.69, 9.17) is 11.6 Å². The van der Waals surface area contributed by atoms with Gasteiger partial charge in [0.2, 0.25) is 0 Å². The van der Waals surface area contributed by atoms with Crippen LogP contribution in [0, 0.1) is 0 Å². The molecule has 0 rings (SSSR count). The van der Waals surface area contributed by atoms with E-state index in [0.29, 0.717) is 0 Å². The maximum atomic E-state index is 5.47. The summed E-state index contributed by atoms with van der Waals surface area (Å²) in [4.78, 5) is 2.06. The summed E-state index contributed by atoms with van der Waals surface area (Å²) in [5.41, 5.74) is 5.12. The number of rotatable bonds is 4. The number of hydrogen-bond acceptors (Lipinski definition) is 4. The summed E-state index contributed by atoms with van der Waals surface area (Å²) in [7, 11) is 4.00. The van der Waals surface area contributed by atoms with Crippen LogP contribution in [0.2, 0.25) is 0 Å². The number of allylic oxidation sites excluding steroid dienone is 1. The lowest BCUT2D eigenvalue weighted by molar-refractivity contribution is 0.313. The van der Waals surface area contributed by atoms with Gasteiger partial charge in [-0.25, -0.2) is 5.84 Å². The molecule has 0 aromatic heterocycles. The van der Waals surface area contributed by atoms with Crippen LogP contribution in [-0.2, 0) is 0 Å². The van der Waals surface area contributed by atoms with E-state index in [0.717, 1.165) is 13.1 Å². The van der Waals surface area contributed by atoms with E-state index in [1.54, 1.807) is 17.3 Å². The summed E-state index contributed by atoms with van der Waals surface area (Å²) in [6.07, 6.45) is 4.82. The zero-order chi connectivity index (χ0) is 12.7. The van der Waals surface area contributed by atoms with Gasteiger partial charge < -0.3 is 15.6 Å². The second-order valence-corrected chi connectivity index (χ2v) is 2.79. The molecule has 0 amide bonds. The van der Waals surface area contributed by atoms with Gasteiger partial charge >= 0.3 is 0 Å². The van der Waals surface area contributed by atoms with Crippen LogP contribution in [-0.4, -0.2) is 37.1 Å². The number of nitrogens with zero attached hydrogens (tertiary/aromatic N) is 2.